The van der Waals surface area contributed by atoms with Gasteiger partial charge in [-0.1, -0.05) is 40.9 Å². The summed E-state index contributed by atoms with van der Waals surface area (Å²) in [4.78, 5) is 0. The van der Waals surface area contributed by atoms with Crippen molar-refractivity contribution in [3.05, 3.63) is 60.7 Å². The zero-order valence-corrected chi connectivity index (χ0v) is 9.30. The maximum atomic E-state index is 5.28. The molecule has 3 nitrogen and oxygen atoms in total. The summed E-state index contributed by atoms with van der Waals surface area (Å²) in [6, 6.07) is 19.0. The molecule has 2 rings (SSSR count). The lowest BCUT2D eigenvalue weighted by molar-refractivity contribution is 0.646. The Morgan fingerprint density at radius 3 is 2.12 bits per heavy atom. The van der Waals surface area contributed by atoms with Crippen molar-refractivity contribution in [3.8, 4) is 5.75 Å². The molecule has 0 saturated heterocycles. The molecule has 0 amide bonds. The second-order valence-corrected chi connectivity index (χ2v) is 3.47. The summed E-state index contributed by atoms with van der Waals surface area (Å²) in [7, 11) is 0. The summed E-state index contributed by atoms with van der Waals surface area (Å²) in [5.41, 5.74) is 0.812. The number of rotatable bonds is 4. The highest BCUT2D eigenvalue weighted by Gasteiger charge is 1.91. The third-order valence-corrected chi connectivity index (χ3v) is 2.24. The Labute approximate surface area is 98.5 Å². The van der Waals surface area contributed by atoms with Gasteiger partial charge in [0, 0.05) is 0 Å². The molecule has 2 aromatic carbocycles. The lowest BCUT2D eigenvalue weighted by Gasteiger charge is -1.96. The van der Waals surface area contributed by atoms with Crippen molar-refractivity contribution in [1.82, 2.24) is 0 Å². The van der Waals surface area contributed by atoms with Crippen molar-refractivity contribution >= 4 is 17.9 Å². The molecule has 0 aliphatic rings. The second kappa shape index (κ2) is 5.92. The second-order valence-electron chi connectivity index (χ2n) is 2.99. The van der Waals surface area contributed by atoms with Crippen LogP contribution in [0.1, 0.15) is 0 Å². The van der Waals surface area contributed by atoms with E-state index in [2.05, 4.69) is 9.63 Å². The van der Waals surface area contributed by atoms with Gasteiger partial charge in [0.25, 0.3) is 0 Å². The highest BCUT2D eigenvalue weighted by Crippen LogP contribution is 2.18. The van der Waals surface area contributed by atoms with Crippen LogP contribution in [0.25, 0.3) is 0 Å². The van der Waals surface area contributed by atoms with E-state index in [1.807, 2.05) is 60.7 Å². The molecule has 0 fully saturated rings. The highest BCUT2D eigenvalue weighted by molar-refractivity contribution is 7.93. The average Bonchev–Trinajstić information content (AvgIpc) is 2.37. The van der Waals surface area contributed by atoms with E-state index in [0.717, 1.165) is 23.7 Å². The van der Waals surface area contributed by atoms with Crippen LogP contribution in [0.4, 0.5) is 5.69 Å². The normalized spacial score (nSPS) is 10.5. The minimum Gasteiger partial charge on any atom is -0.403 e. The summed E-state index contributed by atoms with van der Waals surface area (Å²) in [6.07, 6.45) is 0. The Morgan fingerprint density at radius 1 is 0.812 bits per heavy atom. The summed E-state index contributed by atoms with van der Waals surface area (Å²) in [6.45, 7) is 0. The molecule has 0 aliphatic carbocycles. The number of nitrogens with zero attached hydrogens (tertiary/aromatic N) is 2. The SMILES string of the molecule is c1ccc(N=NSOc2ccccc2)cc1. The minimum absolute atomic E-state index is 0.763. The van der Waals surface area contributed by atoms with E-state index in [1.54, 1.807) is 0 Å². The molecular formula is C12H10N2OS. The lowest BCUT2D eigenvalue weighted by atomic mass is 10.3. The first kappa shape index (κ1) is 10.7. The van der Waals surface area contributed by atoms with Crippen LogP contribution in [0.3, 0.4) is 0 Å². The smallest absolute Gasteiger partial charge is 0.222 e. The maximum absolute atomic E-state index is 5.28. The van der Waals surface area contributed by atoms with E-state index in [-0.39, 0.29) is 0 Å². The summed E-state index contributed by atoms with van der Waals surface area (Å²) >= 11 is 0.960. The van der Waals surface area contributed by atoms with Crippen LogP contribution in [0.2, 0.25) is 0 Å². The molecule has 2 aromatic rings. The van der Waals surface area contributed by atoms with Gasteiger partial charge in [0.1, 0.15) is 5.75 Å². The fraction of sp³-hybridized carbons (Fsp3) is 0. The van der Waals surface area contributed by atoms with E-state index in [0.29, 0.717) is 0 Å². The van der Waals surface area contributed by atoms with Crippen LogP contribution in [0, 0.1) is 0 Å². The first-order valence-electron chi connectivity index (χ1n) is 4.80. The van der Waals surface area contributed by atoms with Gasteiger partial charge in [0.15, 0.2) is 0 Å². The Bertz CT molecular complexity index is 445. The molecule has 0 atom stereocenters. The third kappa shape index (κ3) is 3.40. The zero-order chi connectivity index (χ0) is 11.1. The van der Waals surface area contributed by atoms with Gasteiger partial charge in [-0.15, -0.1) is 5.11 Å². The third-order valence-electron chi connectivity index (χ3n) is 1.82. The Hall–Kier alpha value is -1.81. The molecule has 4 heteroatoms. The molecule has 0 heterocycles. The van der Waals surface area contributed by atoms with E-state index in [1.165, 1.54) is 0 Å². The monoisotopic (exact) mass is 230 g/mol. The summed E-state index contributed by atoms with van der Waals surface area (Å²) in [5, 5.41) is 3.98. The fourth-order valence-corrected chi connectivity index (χ4v) is 1.45. The van der Waals surface area contributed by atoms with Crippen LogP contribution in [0.5, 0.6) is 5.75 Å². The van der Waals surface area contributed by atoms with Crippen LogP contribution in [-0.4, -0.2) is 0 Å². The quantitative estimate of drug-likeness (QED) is 0.443. The molecule has 0 bridgehead atoms. The Morgan fingerprint density at radius 2 is 1.44 bits per heavy atom. The van der Waals surface area contributed by atoms with Crippen LogP contribution in [0.15, 0.2) is 70.3 Å². The first-order chi connectivity index (χ1) is 7.95. The predicted octanol–water partition coefficient (Wildman–Crippen LogP) is 4.41. The minimum atomic E-state index is 0.763. The molecule has 0 spiro atoms. The fourth-order valence-electron chi connectivity index (χ4n) is 1.09. The van der Waals surface area contributed by atoms with Crippen LogP contribution in [-0.2, 0) is 0 Å². The highest BCUT2D eigenvalue weighted by atomic mass is 32.2. The predicted molar refractivity (Wildman–Crippen MR) is 65.6 cm³/mol. The standard InChI is InChI=1S/C12H10N2OS/c1-3-7-11(8-4-1)13-14-16-15-12-9-5-2-6-10-12/h1-10H. The molecule has 0 saturated carbocycles. The molecule has 0 aliphatic heterocycles. The van der Waals surface area contributed by atoms with Gasteiger partial charge in [-0.25, -0.2) is 0 Å². The van der Waals surface area contributed by atoms with Gasteiger partial charge in [0.05, 0.1) is 5.69 Å². The Kier molecular flexibility index (Phi) is 3.96. The number of para-hydroxylation sites is 1. The van der Waals surface area contributed by atoms with Gasteiger partial charge in [-0.3, -0.25) is 0 Å². The van der Waals surface area contributed by atoms with Gasteiger partial charge >= 0.3 is 0 Å². The molecule has 0 unspecified atom stereocenters. The number of hydrogen-bond donors (Lipinski definition) is 0. The van der Waals surface area contributed by atoms with Crippen molar-refractivity contribution in [2.75, 3.05) is 0 Å². The van der Waals surface area contributed by atoms with E-state index in [9.17, 15) is 0 Å². The Balaban J connectivity index is 1.83. The van der Waals surface area contributed by atoms with Crippen molar-refractivity contribution in [1.29, 1.82) is 0 Å². The topological polar surface area (TPSA) is 34.0 Å². The maximum Gasteiger partial charge on any atom is 0.222 e. The summed E-state index contributed by atoms with van der Waals surface area (Å²) in [5.74, 6) is 0.763. The van der Waals surface area contributed by atoms with Crippen LogP contribution >= 0.6 is 12.2 Å². The first-order valence-corrected chi connectivity index (χ1v) is 5.50. The van der Waals surface area contributed by atoms with Gasteiger partial charge in [0.2, 0.25) is 12.2 Å². The van der Waals surface area contributed by atoms with Crippen LogP contribution < -0.4 is 4.18 Å². The molecular weight excluding hydrogens is 220 g/mol. The van der Waals surface area contributed by atoms with E-state index < -0.39 is 0 Å². The number of hydrogen-bond acceptors (Lipinski definition) is 4. The van der Waals surface area contributed by atoms with Crippen molar-refractivity contribution in [2.24, 2.45) is 9.63 Å². The van der Waals surface area contributed by atoms with E-state index >= 15 is 0 Å². The van der Waals surface area contributed by atoms with E-state index in [4.69, 9.17) is 4.18 Å². The molecule has 16 heavy (non-hydrogen) atoms. The molecule has 0 radical (unpaired) electrons. The van der Waals surface area contributed by atoms with Crippen molar-refractivity contribution in [3.63, 3.8) is 0 Å². The van der Waals surface area contributed by atoms with Crippen molar-refractivity contribution < 1.29 is 4.18 Å². The molecule has 0 aromatic heterocycles. The average molecular weight is 230 g/mol. The summed E-state index contributed by atoms with van der Waals surface area (Å²) < 4.78 is 9.14. The van der Waals surface area contributed by atoms with Gasteiger partial charge in [-0.05, 0) is 24.3 Å². The van der Waals surface area contributed by atoms with Gasteiger partial charge in [-0.2, -0.15) is 0 Å². The molecule has 80 valence electrons. The molecule has 0 N–H and O–H groups in total. The largest absolute Gasteiger partial charge is 0.403 e. The number of benzene rings is 2. The van der Waals surface area contributed by atoms with Crippen molar-refractivity contribution in [2.45, 2.75) is 0 Å². The zero-order valence-electron chi connectivity index (χ0n) is 8.48. The lowest BCUT2D eigenvalue weighted by Crippen LogP contribution is -1.75. The van der Waals surface area contributed by atoms with Gasteiger partial charge < -0.3 is 4.18 Å².